The number of aromatic nitrogens is 1. The maximum Gasteiger partial charge on any atom is 0.149 e. The van der Waals surface area contributed by atoms with E-state index in [-0.39, 0.29) is 18.2 Å². The van der Waals surface area contributed by atoms with Gasteiger partial charge in [-0.25, -0.2) is 4.39 Å². The molecule has 3 nitrogen and oxygen atoms in total. The Morgan fingerprint density at radius 1 is 1.30 bits per heavy atom. The largest absolute Gasteiger partial charge is 0.380 e. The lowest BCUT2D eigenvalue weighted by atomic mass is 9.97. The van der Waals surface area contributed by atoms with Crippen molar-refractivity contribution < 1.29 is 4.39 Å². The van der Waals surface area contributed by atoms with Gasteiger partial charge in [-0.1, -0.05) is 6.92 Å². The quantitative estimate of drug-likeness (QED) is 0.893. The molecule has 2 heterocycles. The second kappa shape index (κ2) is 6.37. The van der Waals surface area contributed by atoms with Crippen LogP contribution in [0, 0.1) is 11.7 Å². The Labute approximate surface area is 124 Å². The van der Waals surface area contributed by atoms with Crippen LogP contribution in [0.2, 0.25) is 0 Å². The van der Waals surface area contributed by atoms with E-state index in [4.69, 9.17) is 0 Å². The van der Waals surface area contributed by atoms with Crippen LogP contribution in [0.1, 0.15) is 13.3 Å². The molecule has 1 aliphatic rings. The van der Waals surface area contributed by atoms with Crippen molar-refractivity contribution in [3.05, 3.63) is 36.3 Å². The first-order valence-electron chi connectivity index (χ1n) is 6.74. The third kappa shape index (κ3) is 3.02. The van der Waals surface area contributed by atoms with Gasteiger partial charge < -0.3 is 10.6 Å². The summed E-state index contributed by atoms with van der Waals surface area (Å²) in [5, 5.41) is 7.77. The Morgan fingerprint density at radius 2 is 2.15 bits per heavy atom. The van der Waals surface area contributed by atoms with E-state index in [1.54, 1.807) is 12.3 Å². The summed E-state index contributed by atoms with van der Waals surface area (Å²) in [6, 6.07) is 7.43. The normalized spacial score (nSPS) is 22.3. The van der Waals surface area contributed by atoms with Gasteiger partial charge in [0.05, 0.1) is 0 Å². The third-order valence-electron chi connectivity index (χ3n) is 3.65. The van der Waals surface area contributed by atoms with E-state index < -0.39 is 0 Å². The van der Waals surface area contributed by atoms with Crippen molar-refractivity contribution in [1.82, 2.24) is 10.3 Å². The first kappa shape index (κ1) is 15.0. The lowest BCUT2D eigenvalue weighted by Crippen LogP contribution is -2.42. The van der Waals surface area contributed by atoms with Gasteiger partial charge in [-0.3, -0.25) is 4.98 Å². The molecule has 2 N–H and O–H groups in total. The molecular weight excluding hydrogens is 277 g/mol. The summed E-state index contributed by atoms with van der Waals surface area (Å²) >= 11 is 0. The summed E-state index contributed by atoms with van der Waals surface area (Å²) < 4.78 is 13.7. The number of hydrogen-bond donors (Lipinski definition) is 2. The average Bonchev–Trinajstić information content (AvgIpc) is 2.42. The molecule has 20 heavy (non-hydrogen) atoms. The molecule has 0 aliphatic carbocycles. The van der Waals surface area contributed by atoms with Crippen molar-refractivity contribution in [2.75, 3.05) is 18.4 Å². The Morgan fingerprint density at radius 3 is 2.95 bits per heavy atom. The highest BCUT2D eigenvalue weighted by atomic mass is 35.5. The average molecular weight is 296 g/mol. The SMILES string of the molecule is CC1CNCC(Nc2ccc(F)c3ncccc23)C1.Cl. The second-order valence-electron chi connectivity index (χ2n) is 5.33. The van der Waals surface area contributed by atoms with Crippen LogP contribution in [0.4, 0.5) is 10.1 Å². The summed E-state index contributed by atoms with van der Waals surface area (Å²) in [4.78, 5) is 4.12. The van der Waals surface area contributed by atoms with E-state index in [1.807, 2.05) is 12.1 Å². The highest BCUT2D eigenvalue weighted by Crippen LogP contribution is 2.26. The van der Waals surface area contributed by atoms with Crippen LogP contribution in [0.25, 0.3) is 10.9 Å². The number of pyridine rings is 1. The molecule has 3 rings (SSSR count). The number of piperidine rings is 1. The number of fused-ring (bicyclic) bond motifs is 1. The van der Waals surface area contributed by atoms with Crippen molar-refractivity contribution in [1.29, 1.82) is 0 Å². The van der Waals surface area contributed by atoms with Gasteiger partial charge in [0.2, 0.25) is 0 Å². The molecule has 1 saturated heterocycles. The Bertz CT molecular complexity index is 590. The van der Waals surface area contributed by atoms with Gasteiger partial charge >= 0.3 is 0 Å². The molecule has 2 atom stereocenters. The van der Waals surface area contributed by atoms with Crippen LogP contribution in [-0.2, 0) is 0 Å². The van der Waals surface area contributed by atoms with Crippen LogP contribution in [-0.4, -0.2) is 24.1 Å². The third-order valence-corrected chi connectivity index (χ3v) is 3.65. The van der Waals surface area contributed by atoms with Crippen LogP contribution in [0.5, 0.6) is 0 Å². The zero-order valence-corrected chi connectivity index (χ0v) is 12.2. The van der Waals surface area contributed by atoms with Crippen LogP contribution >= 0.6 is 12.4 Å². The van der Waals surface area contributed by atoms with Crippen molar-refractivity contribution in [2.24, 2.45) is 5.92 Å². The van der Waals surface area contributed by atoms with E-state index in [2.05, 4.69) is 22.5 Å². The summed E-state index contributed by atoms with van der Waals surface area (Å²) in [5.74, 6) is 0.396. The molecule has 0 amide bonds. The molecule has 0 bridgehead atoms. The van der Waals surface area contributed by atoms with Gasteiger partial charge in [0.25, 0.3) is 0 Å². The fourth-order valence-corrected chi connectivity index (χ4v) is 2.75. The van der Waals surface area contributed by atoms with Gasteiger partial charge in [0.15, 0.2) is 0 Å². The van der Waals surface area contributed by atoms with Crippen molar-refractivity contribution in [3.8, 4) is 0 Å². The lowest BCUT2D eigenvalue weighted by Gasteiger charge is -2.29. The number of hydrogen-bond acceptors (Lipinski definition) is 3. The standard InChI is InChI=1S/C15H18FN3.ClH/c1-10-7-11(9-17-8-10)19-14-5-4-13(16)15-12(14)3-2-6-18-15;/h2-6,10-11,17,19H,7-9H2,1H3;1H. The molecule has 108 valence electrons. The second-order valence-corrected chi connectivity index (χ2v) is 5.33. The summed E-state index contributed by atoms with van der Waals surface area (Å²) in [6.07, 6.45) is 2.76. The maximum absolute atomic E-state index is 13.7. The molecule has 0 saturated carbocycles. The topological polar surface area (TPSA) is 37.0 Å². The highest BCUT2D eigenvalue weighted by molar-refractivity contribution is 5.91. The summed E-state index contributed by atoms with van der Waals surface area (Å²) in [5.41, 5.74) is 1.40. The molecule has 0 radical (unpaired) electrons. The number of anilines is 1. The molecule has 1 aromatic heterocycles. The van der Waals surface area contributed by atoms with Crippen LogP contribution < -0.4 is 10.6 Å². The molecule has 1 fully saturated rings. The number of benzene rings is 1. The number of rotatable bonds is 2. The van der Waals surface area contributed by atoms with E-state index in [0.717, 1.165) is 30.6 Å². The monoisotopic (exact) mass is 295 g/mol. The highest BCUT2D eigenvalue weighted by Gasteiger charge is 2.19. The van der Waals surface area contributed by atoms with E-state index in [1.165, 1.54) is 6.07 Å². The molecule has 2 unspecified atom stereocenters. The number of nitrogens with zero attached hydrogens (tertiary/aromatic N) is 1. The Kier molecular flexibility index (Phi) is 4.78. The van der Waals surface area contributed by atoms with Gasteiger partial charge in [0, 0.05) is 29.9 Å². The summed E-state index contributed by atoms with van der Waals surface area (Å²) in [6.45, 7) is 4.26. The zero-order chi connectivity index (χ0) is 13.2. The first-order valence-corrected chi connectivity index (χ1v) is 6.74. The minimum absolute atomic E-state index is 0. The minimum Gasteiger partial charge on any atom is -0.380 e. The van der Waals surface area contributed by atoms with Crippen molar-refractivity contribution in [3.63, 3.8) is 0 Å². The van der Waals surface area contributed by atoms with Gasteiger partial charge in [-0.05, 0) is 43.1 Å². The predicted molar refractivity (Wildman–Crippen MR) is 83.0 cm³/mol. The molecule has 2 aromatic rings. The number of halogens is 2. The molecule has 5 heteroatoms. The molecule has 1 aromatic carbocycles. The predicted octanol–water partition coefficient (Wildman–Crippen LogP) is 3.21. The van der Waals surface area contributed by atoms with E-state index >= 15 is 0 Å². The van der Waals surface area contributed by atoms with E-state index in [0.29, 0.717) is 17.5 Å². The fourth-order valence-electron chi connectivity index (χ4n) is 2.75. The Balaban J connectivity index is 0.00000147. The van der Waals surface area contributed by atoms with Gasteiger partial charge in [-0.2, -0.15) is 0 Å². The summed E-state index contributed by atoms with van der Waals surface area (Å²) in [7, 11) is 0. The van der Waals surface area contributed by atoms with Crippen LogP contribution in [0.15, 0.2) is 30.5 Å². The smallest absolute Gasteiger partial charge is 0.149 e. The van der Waals surface area contributed by atoms with Crippen LogP contribution in [0.3, 0.4) is 0 Å². The van der Waals surface area contributed by atoms with Gasteiger partial charge in [0.1, 0.15) is 11.3 Å². The lowest BCUT2D eigenvalue weighted by molar-refractivity contribution is 0.378. The zero-order valence-electron chi connectivity index (χ0n) is 11.4. The van der Waals surface area contributed by atoms with E-state index in [9.17, 15) is 4.39 Å². The fraction of sp³-hybridized carbons (Fsp3) is 0.400. The van der Waals surface area contributed by atoms with Crippen molar-refractivity contribution >= 4 is 29.0 Å². The maximum atomic E-state index is 13.7. The first-order chi connectivity index (χ1) is 9.24. The number of nitrogens with one attached hydrogen (secondary N) is 2. The molecule has 1 aliphatic heterocycles. The molecule has 0 spiro atoms. The van der Waals surface area contributed by atoms with Crippen molar-refractivity contribution in [2.45, 2.75) is 19.4 Å². The molecular formula is C15H19ClFN3. The Hall–Kier alpha value is -1.39. The minimum atomic E-state index is -0.267. The van der Waals surface area contributed by atoms with Gasteiger partial charge in [-0.15, -0.1) is 12.4 Å².